The monoisotopic (exact) mass is 185 g/mol. The molecule has 0 heterocycles. The molecule has 0 radical (unpaired) electrons. The Bertz CT molecular complexity index is 201. The van der Waals surface area contributed by atoms with Gasteiger partial charge in [-0.1, -0.05) is 34.6 Å². The Morgan fingerprint density at radius 3 is 2.00 bits per heavy atom. The second kappa shape index (κ2) is 3.90. The smallest absolute Gasteiger partial charge is 0.284 e. The van der Waals surface area contributed by atoms with E-state index in [4.69, 9.17) is 0 Å². The Kier molecular flexibility index (Phi) is 3.64. The summed E-state index contributed by atoms with van der Waals surface area (Å²) in [7, 11) is 0. The van der Waals surface area contributed by atoms with Crippen molar-refractivity contribution in [2.75, 3.05) is 6.54 Å². The van der Waals surface area contributed by atoms with Gasteiger partial charge in [-0.3, -0.25) is 9.59 Å². The van der Waals surface area contributed by atoms with E-state index in [1.807, 2.05) is 0 Å². The minimum atomic E-state index is -0.544. The molecule has 1 amide bonds. The fourth-order valence-corrected chi connectivity index (χ4v) is 0.615. The number of amides is 1. The summed E-state index contributed by atoms with van der Waals surface area (Å²) in [6.07, 6.45) is 0.304. The van der Waals surface area contributed by atoms with Crippen LogP contribution < -0.4 is 5.32 Å². The van der Waals surface area contributed by atoms with Gasteiger partial charge in [0.15, 0.2) is 0 Å². The van der Waals surface area contributed by atoms with Gasteiger partial charge in [0.05, 0.1) is 0 Å². The zero-order chi connectivity index (χ0) is 10.7. The lowest BCUT2D eigenvalue weighted by Crippen LogP contribution is -2.41. The number of nitrogens with one attached hydrogen (secondary N) is 1. The number of aldehydes is 1. The molecule has 0 saturated heterocycles. The number of hydrogen-bond acceptors (Lipinski definition) is 2. The largest absolute Gasteiger partial charge is 0.349 e. The first-order valence-electron chi connectivity index (χ1n) is 4.44. The minimum absolute atomic E-state index is 0.0222. The van der Waals surface area contributed by atoms with Gasteiger partial charge in [0.2, 0.25) is 6.29 Å². The molecule has 0 spiro atoms. The summed E-state index contributed by atoms with van der Waals surface area (Å²) in [6.45, 7) is 11.0. The third-order valence-electron chi connectivity index (χ3n) is 2.84. The number of carbonyl (C=O) groups excluding carboxylic acids is 2. The van der Waals surface area contributed by atoms with Gasteiger partial charge in [-0.25, -0.2) is 0 Å². The van der Waals surface area contributed by atoms with Gasteiger partial charge in [0.25, 0.3) is 5.91 Å². The van der Waals surface area contributed by atoms with Crippen molar-refractivity contribution in [1.82, 2.24) is 5.32 Å². The Morgan fingerprint density at radius 1 is 1.23 bits per heavy atom. The molecule has 0 aliphatic carbocycles. The Labute approximate surface area is 79.9 Å². The van der Waals surface area contributed by atoms with Gasteiger partial charge in [0.1, 0.15) is 0 Å². The van der Waals surface area contributed by atoms with Gasteiger partial charge < -0.3 is 5.32 Å². The molecule has 0 bridgehead atoms. The zero-order valence-electron chi connectivity index (χ0n) is 9.10. The van der Waals surface area contributed by atoms with Crippen molar-refractivity contribution in [2.24, 2.45) is 10.8 Å². The summed E-state index contributed by atoms with van der Waals surface area (Å²) < 4.78 is 0. The summed E-state index contributed by atoms with van der Waals surface area (Å²) in [4.78, 5) is 20.8. The van der Waals surface area contributed by atoms with E-state index >= 15 is 0 Å². The summed E-state index contributed by atoms with van der Waals surface area (Å²) >= 11 is 0. The van der Waals surface area contributed by atoms with Crippen LogP contribution in [0.25, 0.3) is 0 Å². The van der Waals surface area contributed by atoms with Crippen molar-refractivity contribution in [1.29, 1.82) is 0 Å². The minimum Gasteiger partial charge on any atom is -0.349 e. The average molecular weight is 185 g/mol. The fraction of sp³-hybridized carbons (Fsp3) is 0.800. The van der Waals surface area contributed by atoms with Crippen LogP contribution in [-0.4, -0.2) is 18.7 Å². The third-order valence-corrected chi connectivity index (χ3v) is 2.84. The van der Waals surface area contributed by atoms with E-state index in [-0.39, 0.29) is 10.8 Å². The van der Waals surface area contributed by atoms with E-state index in [0.717, 1.165) is 0 Å². The van der Waals surface area contributed by atoms with Gasteiger partial charge in [-0.05, 0) is 10.8 Å². The van der Waals surface area contributed by atoms with Crippen LogP contribution in [0.3, 0.4) is 0 Å². The molecule has 1 N–H and O–H groups in total. The number of hydrogen-bond donors (Lipinski definition) is 1. The lowest BCUT2D eigenvalue weighted by molar-refractivity contribution is -0.131. The molecule has 0 atom stereocenters. The van der Waals surface area contributed by atoms with Crippen LogP contribution in [0, 0.1) is 10.8 Å². The van der Waals surface area contributed by atoms with Gasteiger partial charge in [-0.15, -0.1) is 0 Å². The van der Waals surface area contributed by atoms with Crippen molar-refractivity contribution in [3.05, 3.63) is 0 Å². The molecule has 0 unspecified atom stereocenters. The summed E-state index contributed by atoms with van der Waals surface area (Å²) in [5, 5.41) is 2.57. The normalized spacial score (nSPS) is 12.4. The van der Waals surface area contributed by atoms with Crippen LogP contribution in [-0.2, 0) is 9.59 Å². The topological polar surface area (TPSA) is 46.2 Å². The van der Waals surface area contributed by atoms with Crippen molar-refractivity contribution in [3.63, 3.8) is 0 Å². The fourth-order valence-electron chi connectivity index (χ4n) is 0.615. The zero-order valence-corrected chi connectivity index (χ0v) is 9.10. The highest BCUT2D eigenvalue weighted by Gasteiger charge is 2.32. The lowest BCUT2D eigenvalue weighted by Gasteiger charge is -2.38. The van der Waals surface area contributed by atoms with Crippen molar-refractivity contribution >= 4 is 12.2 Å². The van der Waals surface area contributed by atoms with Crippen LogP contribution in [0.5, 0.6) is 0 Å². The maximum atomic E-state index is 10.7. The van der Waals surface area contributed by atoms with E-state index in [9.17, 15) is 9.59 Å². The van der Waals surface area contributed by atoms with Crippen molar-refractivity contribution in [2.45, 2.75) is 34.6 Å². The molecule has 0 aromatic rings. The summed E-state index contributed by atoms with van der Waals surface area (Å²) in [6, 6.07) is 0. The molecule has 0 rings (SSSR count). The van der Waals surface area contributed by atoms with E-state index in [1.54, 1.807) is 0 Å². The van der Waals surface area contributed by atoms with Gasteiger partial charge in [-0.2, -0.15) is 0 Å². The maximum Gasteiger partial charge on any atom is 0.284 e. The second-order valence-corrected chi connectivity index (χ2v) is 4.97. The highest BCUT2D eigenvalue weighted by molar-refractivity contribution is 6.23. The molecule has 76 valence electrons. The van der Waals surface area contributed by atoms with Crippen LogP contribution in [0.15, 0.2) is 0 Å². The van der Waals surface area contributed by atoms with Crippen LogP contribution in [0.4, 0.5) is 0 Å². The van der Waals surface area contributed by atoms with Gasteiger partial charge >= 0.3 is 0 Å². The Hall–Kier alpha value is -0.860. The van der Waals surface area contributed by atoms with E-state index < -0.39 is 5.91 Å². The maximum absolute atomic E-state index is 10.7. The van der Waals surface area contributed by atoms with Crippen LogP contribution in [0.1, 0.15) is 34.6 Å². The molecule has 3 heteroatoms. The molecule has 0 aliphatic rings. The molecule has 3 nitrogen and oxygen atoms in total. The van der Waals surface area contributed by atoms with Crippen molar-refractivity contribution < 1.29 is 9.59 Å². The lowest BCUT2D eigenvalue weighted by atomic mass is 9.69. The standard InChI is InChI=1S/C10H19NO2/c1-9(2,3)10(4,5)7-11-8(13)6-12/h6H,7H2,1-5H3,(H,11,13). The molecule has 0 aromatic heterocycles. The molecule has 0 saturated carbocycles. The van der Waals surface area contributed by atoms with E-state index in [0.29, 0.717) is 12.8 Å². The Morgan fingerprint density at radius 2 is 1.69 bits per heavy atom. The summed E-state index contributed by atoms with van der Waals surface area (Å²) in [5.74, 6) is -0.544. The first-order valence-corrected chi connectivity index (χ1v) is 4.44. The molecule has 0 aliphatic heterocycles. The predicted molar refractivity (Wildman–Crippen MR) is 52.3 cm³/mol. The first kappa shape index (κ1) is 12.1. The second-order valence-electron chi connectivity index (χ2n) is 4.97. The molecular formula is C10H19NO2. The SMILES string of the molecule is CC(C)(C)C(C)(C)CNC(=O)C=O. The van der Waals surface area contributed by atoms with Crippen LogP contribution in [0.2, 0.25) is 0 Å². The number of carbonyl (C=O) groups is 2. The van der Waals surface area contributed by atoms with E-state index in [1.165, 1.54) is 0 Å². The van der Waals surface area contributed by atoms with Crippen LogP contribution >= 0.6 is 0 Å². The highest BCUT2D eigenvalue weighted by Crippen LogP contribution is 2.36. The van der Waals surface area contributed by atoms with E-state index in [2.05, 4.69) is 39.9 Å². The summed E-state index contributed by atoms with van der Waals surface area (Å²) in [5.41, 5.74) is 0.0782. The molecule has 0 aromatic carbocycles. The Balaban J connectivity index is 4.19. The highest BCUT2D eigenvalue weighted by atomic mass is 16.2. The van der Waals surface area contributed by atoms with Crippen molar-refractivity contribution in [3.8, 4) is 0 Å². The number of rotatable bonds is 3. The molecular weight excluding hydrogens is 166 g/mol. The first-order chi connectivity index (χ1) is 5.70. The predicted octanol–water partition coefficient (Wildman–Crippen LogP) is 1.37. The molecule has 13 heavy (non-hydrogen) atoms. The quantitative estimate of drug-likeness (QED) is 0.533. The average Bonchev–Trinajstić information content (AvgIpc) is 1.98. The third kappa shape index (κ3) is 3.57. The van der Waals surface area contributed by atoms with Gasteiger partial charge in [0, 0.05) is 6.54 Å². The molecule has 0 fully saturated rings.